The Labute approximate surface area is 107 Å². The van der Waals surface area contributed by atoms with E-state index in [4.69, 9.17) is 4.42 Å². The molecule has 0 saturated carbocycles. The smallest absolute Gasteiger partial charge is 0.272 e. The van der Waals surface area contributed by atoms with Gasteiger partial charge in [-0.3, -0.25) is 19.8 Å². The van der Waals surface area contributed by atoms with Crippen LogP contribution in [0.1, 0.15) is 5.56 Å². The minimum absolute atomic E-state index is 0.318. The third-order valence-electron chi connectivity index (χ3n) is 2.89. The van der Waals surface area contributed by atoms with Crippen molar-refractivity contribution in [2.24, 2.45) is 0 Å². The van der Waals surface area contributed by atoms with Crippen molar-refractivity contribution in [1.29, 1.82) is 0 Å². The van der Waals surface area contributed by atoms with Crippen molar-refractivity contribution < 1.29 is 4.42 Å². The number of anilines is 1. The molecule has 1 aromatic carbocycles. The van der Waals surface area contributed by atoms with E-state index in [-0.39, 0.29) is 11.1 Å². The van der Waals surface area contributed by atoms with E-state index in [2.05, 4.69) is 15.5 Å². The molecule has 3 rings (SSSR count). The Balaban J connectivity index is 2.06. The summed E-state index contributed by atoms with van der Waals surface area (Å²) in [4.78, 5) is 23.5. The molecular formula is C13H11N3O3. The summed E-state index contributed by atoms with van der Waals surface area (Å²) in [6.07, 6.45) is 3.20. The largest absolute Gasteiger partial charge is 0.472 e. The topological polar surface area (TPSA) is 90.9 Å². The molecule has 6 nitrogen and oxygen atoms in total. The van der Waals surface area contributed by atoms with Crippen molar-refractivity contribution in [2.75, 3.05) is 5.32 Å². The van der Waals surface area contributed by atoms with Gasteiger partial charge in [0, 0.05) is 17.8 Å². The van der Waals surface area contributed by atoms with E-state index in [0.29, 0.717) is 23.0 Å². The number of aromatic nitrogens is 2. The maximum atomic E-state index is 11.8. The fourth-order valence-corrected chi connectivity index (χ4v) is 1.97. The number of hydrogen-bond donors (Lipinski definition) is 3. The van der Waals surface area contributed by atoms with Crippen molar-refractivity contribution in [2.45, 2.75) is 6.54 Å². The van der Waals surface area contributed by atoms with Crippen LogP contribution in [0.2, 0.25) is 0 Å². The predicted octanol–water partition coefficient (Wildman–Crippen LogP) is 1.42. The number of aromatic amines is 2. The molecule has 0 bridgehead atoms. The Kier molecular flexibility index (Phi) is 2.68. The third-order valence-corrected chi connectivity index (χ3v) is 2.89. The molecule has 0 atom stereocenters. The highest BCUT2D eigenvalue weighted by atomic mass is 16.3. The van der Waals surface area contributed by atoms with Crippen molar-refractivity contribution >= 4 is 16.5 Å². The fourth-order valence-electron chi connectivity index (χ4n) is 1.97. The number of H-pyrrole nitrogens is 2. The summed E-state index contributed by atoms with van der Waals surface area (Å²) in [6.45, 7) is 0.516. The molecular weight excluding hydrogens is 246 g/mol. The van der Waals surface area contributed by atoms with Gasteiger partial charge in [-0.2, -0.15) is 0 Å². The van der Waals surface area contributed by atoms with Crippen LogP contribution in [0.25, 0.3) is 10.8 Å². The molecule has 2 heterocycles. The van der Waals surface area contributed by atoms with Gasteiger partial charge in [-0.15, -0.1) is 0 Å². The van der Waals surface area contributed by atoms with E-state index in [9.17, 15) is 9.59 Å². The van der Waals surface area contributed by atoms with Gasteiger partial charge in [0.1, 0.15) is 0 Å². The lowest BCUT2D eigenvalue weighted by Gasteiger charge is -2.07. The highest BCUT2D eigenvalue weighted by Gasteiger charge is 2.07. The predicted molar refractivity (Wildman–Crippen MR) is 71.2 cm³/mol. The van der Waals surface area contributed by atoms with Crippen LogP contribution in [0.4, 0.5) is 5.69 Å². The van der Waals surface area contributed by atoms with Crippen LogP contribution in [-0.4, -0.2) is 10.2 Å². The lowest BCUT2D eigenvalue weighted by Crippen LogP contribution is -2.20. The molecule has 0 radical (unpaired) electrons. The number of hydrogen-bond acceptors (Lipinski definition) is 4. The number of benzene rings is 1. The molecule has 2 aromatic heterocycles. The van der Waals surface area contributed by atoms with Crippen molar-refractivity contribution in [3.8, 4) is 0 Å². The third kappa shape index (κ3) is 2.03. The number of furan rings is 1. The fraction of sp³-hybridized carbons (Fsp3) is 0.0769. The summed E-state index contributed by atoms with van der Waals surface area (Å²) in [6, 6.07) is 6.94. The second kappa shape index (κ2) is 4.49. The molecule has 0 aliphatic rings. The van der Waals surface area contributed by atoms with Crippen LogP contribution in [-0.2, 0) is 6.54 Å². The summed E-state index contributed by atoms with van der Waals surface area (Å²) in [5.41, 5.74) is 0.927. The summed E-state index contributed by atoms with van der Waals surface area (Å²) < 4.78 is 4.97. The first-order valence-electron chi connectivity index (χ1n) is 5.74. The molecule has 0 aliphatic heterocycles. The average Bonchev–Trinajstić information content (AvgIpc) is 2.94. The van der Waals surface area contributed by atoms with Gasteiger partial charge >= 0.3 is 0 Å². The Hall–Kier alpha value is -2.76. The Morgan fingerprint density at radius 2 is 1.95 bits per heavy atom. The van der Waals surface area contributed by atoms with E-state index < -0.39 is 0 Å². The number of rotatable bonds is 3. The summed E-state index contributed by atoms with van der Waals surface area (Å²) in [5, 5.41) is 8.47. The van der Waals surface area contributed by atoms with E-state index in [1.165, 1.54) is 0 Å². The summed E-state index contributed by atoms with van der Waals surface area (Å²) in [5.74, 6) is 0. The van der Waals surface area contributed by atoms with E-state index in [1.807, 2.05) is 6.07 Å². The lowest BCUT2D eigenvalue weighted by atomic mass is 10.1. The number of fused-ring (bicyclic) bond motifs is 1. The van der Waals surface area contributed by atoms with Gasteiger partial charge in [0.25, 0.3) is 11.1 Å². The van der Waals surface area contributed by atoms with Crippen molar-refractivity contribution in [3.05, 3.63) is 63.1 Å². The molecule has 96 valence electrons. The monoisotopic (exact) mass is 257 g/mol. The molecule has 3 aromatic rings. The van der Waals surface area contributed by atoms with Gasteiger partial charge in [0.15, 0.2) is 0 Å². The normalized spacial score (nSPS) is 10.7. The van der Waals surface area contributed by atoms with Crippen LogP contribution < -0.4 is 16.4 Å². The molecule has 0 aliphatic carbocycles. The van der Waals surface area contributed by atoms with Crippen LogP contribution in [0.15, 0.2) is 50.8 Å². The van der Waals surface area contributed by atoms with Gasteiger partial charge in [-0.1, -0.05) is 6.07 Å². The van der Waals surface area contributed by atoms with Crippen LogP contribution in [0.5, 0.6) is 0 Å². The first-order chi connectivity index (χ1) is 9.25. The highest BCUT2D eigenvalue weighted by molar-refractivity contribution is 5.92. The molecule has 0 fully saturated rings. The number of nitrogens with one attached hydrogen (secondary N) is 3. The Bertz CT molecular complexity index is 815. The van der Waals surface area contributed by atoms with E-state index in [0.717, 1.165) is 5.56 Å². The SMILES string of the molecule is O=c1[nH][nH]c(=O)c2c(NCc3ccoc3)cccc12. The highest BCUT2D eigenvalue weighted by Crippen LogP contribution is 2.17. The minimum atomic E-state index is -0.329. The Morgan fingerprint density at radius 1 is 1.11 bits per heavy atom. The van der Waals surface area contributed by atoms with E-state index in [1.54, 1.807) is 30.7 Å². The molecule has 0 amide bonds. The van der Waals surface area contributed by atoms with Gasteiger partial charge < -0.3 is 9.73 Å². The Morgan fingerprint density at radius 3 is 2.74 bits per heavy atom. The zero-order valence-electron chi connectivity index (χ0n) is 9.90. The van der Waals surface area contributed by atoms with Crippen LogP contribution in [0, 0.1) is 0 Å². The maximum absolute atomic E-state index is 11.8. The molecule has 19 heavy (non-hydrogen) atoms. The minimum Gasteiger partial charge on any atom is -0.472 e. The first-order valence-corrected chi connectivity index (χ1v) is 5.74. The zero-order chi connectivity index (χ0) is 13.2. The lowest BCUT2D eigenvalue weighted by molar-refractivity contribution is 0.564. The molecule has 0 unspecified atom stereocenters. The summed E-state index contributed by atoms with van der Waals surface area (Å²) in [7, 11) is 0. The van der Waals surface area contributed by atoms with Crippen LogP contribution in [0.3, 0.4) is 0 Å². The van der Waals surface area contributed by atoms with Gasteiger partial charge in [0.2, 0.25) is 0 Å². The maximum Gasteiger partial charge on any atom is 0.272 e. The molecule has 0 saturated heterocycles. The average molecular weight is 257 g/mol. The van der Waals surface area contributed by atoms with Crippen molar-refractivity contribution in [3.63, 3.8) is 0 Å². The second-order valence-corrected chi connectivity index (χ2v) is 4.12. The van der Waals surface area contributed by atoms with Crippen molar-refractivity contribution in [1.82, 2.24) is 10.2 Å². The van der Waals surface area contributed by atoms with E-state index >= 15 is 0 Å². The zero-order valence-corrected chi connectivity index (χ0v) is 9.90. The van der Waals surface area contributed by atoms with Crippen LogP contribution >= 0.6 is 0 Å². The van der Waals surface area contributed by atoms with Gasteiger partial charge in [0.05, 0.1) is 23.3 Å². The molecule has 0 spiro atoms. The summed E-state index contributed by atoms with van der Waals surface area (Å²) >= 11 is 0. The quantitative estimate of drug-likeness (QED) is 0.661. The second-order valence-electron chi connectivity index (χ2n) is 4.12. The molecule has 6 heteroatoms. The molecule has 3 N–H and O–H groups in total. The van der Waals surface area contributed by atoms with Gasteiger partial charge in [-0.05, 0) is 18.2 Å². The first kappa shape index (κ1) is 11.3. The standard InChI is InChI=1S/C13H11N3O3/c17-12-9-2-1-3-10(11(9)13(18)16-15-12)14-6-8-4-5-19-7-8/h1-5,7,14H,6H2,(H,15,17)(H,16,18). The van der Waals surface area contributed by atoms with Gasteiger partial charge in [-0.25, -0.2) is 0 Å².